The van der Waals surface area contributed by atoms with E-state index in [1.807, 2.05) is 0 Å². The SMILES string of the molecule is O=C1Nc2c(Br)cccc2C1(F)F. The molecule has 1 aromatic carbocycles. The van der Waals surface area contributed by atoms with Gasteiger partial charge in [-0.1, -0.05) is 12.1 Å². The van der Waals surface area contributed by atoms with Crippen molar-refractivity contribution in [1.29, 1.82) is 0 Å². The van der Waals surface area contributed by atoms with Gasteiger partial charge in [0, 0.05) is 4.47 Å². The second-order valence-corrected chi connectivity index (χ2v) is 3.55. The van der Waals surface area contributed by atoms with Gasteiger partial charge in [-0.05, 0) is 22.0 Å². The second kappa shape index (κ2) is 2.51. The molecule has 1 aromatic rings. The average molecular weight is 248 g/mol. The van der Waals surface area contributed by atoms with Gasteiger partial charge in [0.25, 0.3) is 5.91 Å². The third-order valence-corrected chi connectivity index (χ3v) is 2.54. The lowest BCUT2D eigenvalue weighted by atomic mass is 10.1. The van der Waals surface area contributed by atoms with Crippen LogP contribution < -0.4 is 5.32 Å². The van der Waals surface area contributed by atoms with Gasteiger partial charge < -0.3 is 5.32 Å². The Bertz CT molecular complexity index is 392. The van der Waals surface area contributed by atoms with E-state index in [0.717, 1.165) is 0 Å². The highest BCUT2D eigenvalue weighted by Gasteiger charge is 2.48. The topological polar surface area (TPSA) is 29.1 Å². The number of anilines is 1. The number of carbonyl (C=O) groups is 1. The summed E-state index contributed by atoms with van der Waals surface area (Å²) in [6.07, 6.45) is 0. The Hall–Kier alpha value is -0.970. The summed E-state index contributed by atoms with van der Waals surface area (Å²) in [5.74, 6) is -4.67. The largest absolute Gasteiger partial charge is 0.352 e. The van der Waals surface area contributed by atoms with Crippen molar-refractivity contribution in [2.24, 2.45) is 0 Å². The Balaban J connectivity index is 2.68. The lowest BCUT2D eigenvalue weighted by Crippen LogP contribution is -2.23. The standard InChI is InChI=1S/C8H4BrF2NO/c9-5-3-1-2-4-6(5)12-7(13)8(4,10)11/h1-3H,(H,12,13). The fourth-order valence-electron chi connectivity index (χ4n) is 1.23. The Morgan fingerprint density at radius 3 is 2.69 bits per heavy atom. The van der Waals surface area contributed by atoms with Crippen LogP contribution in [0.4, 0.5) is 14.5 Å². The minimum Gasteiger partial charge on any atom is -0.319 e. The molecule has 0 saturated carbocycles. The van der Waals surface area contributed by atoms with Crippen LogP contribution >= 0.6 is 15.9 Å². The van der Waals surface area contributed by atoms with Crippen LogP contribution in [-0.4, -0.2) is 5.91 Å². The molecule has 0 bridgehead atoms. The van der Waals surface area contributed by atoms with Gasteiger partial charge in [0.05, 0.1) is 11.3 Å². The van der Waals surface area contributed by atoms with E-state index in [4.69, 9.17) is 0 Å². The molecule has 0 radical (unpaired) electrons. The number of fused-ring (bicyclic) bond motifs is 1. The number of para-hydroxylation sites is 1. The summed E-state index contributed by atoms with van der Waals surface area (Å²) < 4.78 is 26.6. The first-order valence-corrected chi connectivity index (χ1v) is 4.31. The smallest absolute Gasteiger partial charge is 0.319 e. The molecule has 1 aliphatic heterocycles. The summed E-state index contributed by atoms with van der Waals surface area (Å²) in [5.41, 5.74) is -0.107. The summed E-state index contributed by atoms with van der Waals surface area (Å²) >= 11 is 3.08. The second-order valence-electron chi connectivity index (χ2n) is 2.69. The van der Waals surface area contributed by atoms with Gasteiger partial charge in [-0.25, -0.2) is 0 Å². The number of hydrogen-bond acceptors (Lipinski definition) is 1. The number of hydrogen-bond donors (Lipinski definition) is 1. The van der Waals surface area contributed by atoms with Gasteiger partial charge in [0.2, 0.25) is 0 Å². The number of halogens is 3. The van der Waals surface area contributed by atoms with Crippen LogP contribution in [0.2, 0.25) is 0 Å². The summed E-state index contributed by atoms with van der Waals surface area (Å²) in [5, 5.41) is 2.12. The van der Waals surface area contributed by atoms with Crippen LogP contribution in [0.5, 0.6) is 0 Å². The van der Waals surface area contributed by atoms with Crippen molar-refractivity contribution in [3.8, 4) is 0 Å². The number of nitrogens with one attached hydrogen (secondary N) is 1. The molecule has 1 N–H and O–H groups in total. The molecule has 2 rings (SSSR count). The zero-order chi connectivity index (χ0) is 9.64. The molecular formula is C8H4BrF2NO. The number of carbonyl (C=O) groups excluding carboxylic acids is 1. The van der Waals surface area contributed by atoms with Crippen molar-refractivity contribution in [3.63, 3.8) is 0 Å². The summed E-state index contributed by atoms with van der Waals surface area (Å²) in [7, 11) is 0. The van der Waals surface area contributed by atoms with Crippen molar-refractivity contribution in [1.82, 2.24) is 0 Å². The molecular weight excluding hydrogens is 244 g/mol. The number of benzene rings is 1. The molecule has 0 aliphatic carbocycles. The van der Waals surface area contributed by atoms with Crippen LogP contribution in [0.3, 0.4) is 0 Å². The fraction of sp³-hybridized carbons (Fsp3) is 0.125. The van der Waals surface area contributed by atoms with Gasteiger partial charge in [-0.3, -0.25) is 4.79 Å². The van der Waals surface area contributed by atoms with E-state index in [9.17, 15) is 13.6 Å². The number of amides is 1. The summed E-state index contributed by atoms with van der Waals surface area (Å²) in [4.78, 5) is 10.8. The summed E-state index contributed by atoms with van der Waals surface area (Å²) in [6.45, 7) is 0. The van der Waals surface area contributed by atoms with Crippen molar-refractivity contribution in [2.75, 3.05) is 5.32 Å². The predicted molar refractivity (Wildman–Crippen MR) is 46.7 cm³/mol. The van der Waals surface area contributed by atoms with E-state index < -0.39 is 11.8 Å². The van der Waals surface area contributed by atoms with E-state index in [1.165, 1.54) is 12.1 Å². The molecule has 1 amide bonds. The third kappa shape index (κ3) is 1.07. The molecule has 1 heterocycles. The van der Waals surface area contributed by atoms with Crippen LogP contribution in [0.15, 0.2) is 22.7 Å². The number of alkyl halides is 2. The lowest BCUT2D eigenvalue weighted by molar-refractivity contribution is -0.139. The molecule has 1 aliphatic rings. The Morgan fingerprint density at radius 2 is 2.08 bits per heavy atom. The third-order valence-electron chi connectivity index (χ3n) is 1.88. The van der Waals surface area contributed by atoms with E-state index >= 15 is 0 Å². The van der Waals surface area contributed by atoms with E-state index in [1.54, 1.807) is 6.07 Å². The molecule has 0 unspecified atom stereocenters. The highest BCUT2D eigenvalue weighted by atomic mass is 79.9. The maximum Gasteiger partial charge on any atom is 0.352 e. The fourth-order valence-corrected chi connectivity index (χ4v) is 1.69. The normalized spacial score (nSPS) is 18.2. The van der Waals surface area contributed by atoms with Crippen LogP contribution in [-0.2, 0) is 10.7 Å². The first kappa shape index (κ1) is 8.62. The Morgan fingerprint density at radius 1 is 1.38 bits per heavy atom. The van der Waals surface area contributed by atoms with E-state index in [2.05, 4.69) is 21.2 Å². The van der Waals surface area contributed by atoms with Gasteiger partial charge in [-0.15, -0.1) is 0 Å². The van der Waals surface area contributed by atoms with E-state index in [0.29, 0.717) is 4.47 Å². The van der Waals surface area contributed by atoms with Crippen molar-refractivity contribution < 1.29 is 13.6 Å². The minimum atomic E-state index is -3.40. The first-order valence-electron chi connectivity index (χ1n) is 3.52. The molecule has 0 saturated heterocycles. The van der Waals surface area contributed by atoms with Crippen molar-refractivity contribution in [2.45, 2.75) is 5.92 Å². The quantitative estimate of drug-likeness (QED) is 0.750. The van der Waals surface area contributed by atoms with E-state index in [-0.39, 0.29) is 11.3 Å². The molecule has 0 fully saturated rings. The monoisotopic (exact) mass is 247 g/mol. The zero-order valence-electron chi connectivity index (χ0n) is 6.27. The molecule has 0 atom stereocenters. The first-order chi connectivity index (χ1) is 6.03. The predicted octanol–water partition coefficient (Wildman–Crippen LogP) is 2.49. The molecule has 0 aromatic heterocycles. The maximum atomic E-state index is 13.1. The van der Waals surface area contributed by atoms with Gasteiger partial charge >= 0.3 is 5.92 Å². The zero-order valence-corrected chi connectivity index (χ0v) is 7.86. The molecule has 13 heavy (non-hydrogen) atoms. The minimum absolute atomic E-state index is 0.164. The molecule has 2 nitrogen and oxygen atoms in total. The van der Waals surface area contributed by atoms with Crippen LogP contribution in [0, 0.1) is 0 Å². The molecule has 68 valence electrons. The van der Waals surface area contributed by atoms with Crippen molar-refractivity contribution in [3.05, 3.63) is 28.2 Å². The average Bonchev–Trinajstić information content (AvgIpc) is 2.28. The van der Waals surface area contributed by atoms with Crippen molar-refractivity contribution >= 4 is 27.5 Å². The lowest BCUT2D eigenvalue weighted by Gasteiger charge is -2.05. The highest BCUT2D eigenvalue weighted by molar-refractivity contribution is 9.10. The molecule has 5 heteroatoms. The Labute approximate surface area is 81.1 Å². The highest BCUT2D eigenvalue weighted by Crippen LogP contribution is 2.43. The number of rotatable bonds is 0. The van der Waals surface area contributed by atoms with Crippen LogP contribution in [0.1, 0.15) is 5.56 Å². The van der Waals surface area contributed by atoms with Gasteiger partial charge in [0.1, 0.15) is 0 Å². The molecule has 0 spiro atoms. The van der Waals surface area contributed by atoms with Crippen LogP contribution in [0.25, 0.3) is 0 Å². The van der Waals surface area contributed by atoms with Gasteiger partial charge in [0.15, 0.2) is 0 Å². The summed E-state index contributed by atoms with van der Waals surface area (Å²) in [6, 6.07) is 4.30. The van der Waals surface area contributed by atoms with Gasteiger partial charge in [-0.2, -0.15) is 8.78 Å². The Kier molecular flexibility index (Phi) is 1.66. The maximum absolute atomic E-state index is 13.1.